The molecule has 0 unspecified atom stereocenters. The van der Waals surface area contributed by atoms with Gasteiger partial charge in [0.05, 0.1) is 11.6 Å². The van der Waals surface area contributed by atoms with Crippen LogP contribution in [0.25, 0.3) is 0 Å². The Morgan fingerprint density at radius 1 is 0.933 bits per heavy atom. The third-order valence-electron chi connectivity index (χ3n) is 4.51. The summed E-state index contributed by atoms with van der Waals surface area (Å²) >= 11 is 5.85. The molecule has 0 bridgehead atoms. The van der Waals surface area contributed by atoms with E-state index < -0.39 is 0 Å². The maximum Gasteiger partial charge on any atom is 0.260 e. The maximum atomic E-state index is 12.5. The molecule has 5 nitrogen and oxygen atoms in total. The molecule has 150 valence electrons. The normalized spacial score (nSPS) is 10.2. The number of hydrogen-bond donors (Lipinski definition) is 0. The summed E-state index contributed by atoms with van der Waals surface area (Å²) in [6.45, 7) is 0.305. The third kappa shape index (κ3) is 5.47. The van der Waals surface area contributed by atoms with Crippen molar-refractivity contribution in [3.8, 4) is 11.8 Å². The van der Waals surface area contributed by atoms with E-state index in [-0.39, 0.29) is 18.3 Å². The van der Waals surface area contributed by atoms with Crippen LogP contribution >= 0.6 is 11.6 Å². The summed E-state index contributed by atoms with van der Waals surface area (Å²) in [5, 5.41) is 9.41. The van der Waals surface area contributed by atoms with Crippen molar-refractivity contribution in [3.63, 3.8) is 0 Å². The summed E-state index contributed by atoms with van der Waals surface area (Å²) < 4.78 is 5.56. The Bertz CT molecular complexity index is 1070. The Hall–Kier alpha value is -3.62. The van der Waals surface area contributed by atoms with Gasteiger partial charge in [-0.3, -0.25) is 9.59 Å². The minimum atomic E-state index is -0.180. The van der Waals surface area contributed by atoms with Crippen molar-refractivity contribution < 1.29 is 14.3 Å². The van der Waals surface area contributed by atoms with Crippen LogP contribution in [0.2, 0.25) is 5.02 Å². The Kier molecular flexibility index (Phi) is 6.84. The molecule has 0 aliphatic rings. The highest BCUT2D eigenvalue weighted by atomic mass is 35.5. The Balaban J connectivity index is 1.53. The van der Waals surface area contributed by atoms with Crippen molar-refractivity contribution in [2.75, 3.05) is 13.7 Å². The van der Waals surface area contributed by atoms with Gasteiger partial charge in [-0.05, 0) is 66.2 Å². The first-order chi connectivity index (χ1) is 14.5. The van der Waals surface area contributed by atoms with Gasteiger partial charge in [-0.15, -0.1) is 0 Å². The average Bonchev–Trinajstić information content (AvgIpc) is 2.78. The van der Waals surface area contributed by atoms with Crippen LogP contribution in [0.1, 0.15) is 27.0 Å². The molecular formula is C24H19ClN2O3. The van der Waals surface area contributed by atoms with Crippen molar-refractivity contribution in [1.82, 2.24) is 4.90 Å². The van der Waals surface area contributed by atoms with Crippen LogP contribution in [0.5, 0.6) is 5.75 Å². The number of ether oxygens (including phenoxy) is 1. The Morgan fingerprint density at radius 2 is 1.50 bits per heavy atom. The van der Waals surface area contributed by atoms with Gasteiger partial charge in [-0.2, -0.15) is 5.26 Å². The lowest BCUT2D eigenvalue weighted by Gasteiger charge is -2.17. The van der Waals surface area contributed by atoms with Gasteiger partial charge >= 0.3 is 0 Å². The molecule has 3 aromatic carbocycles. The largest absolute Gasteiger partial charge is 0.484 e. The summed E-state index contributed by atoms with van der Waals surface area (Å²) in [4.78, 5) is 26.3. The van der Waals surface area contributed by atoms with Gasteiger partial charge in [0.15, 0.2) is 12.4 Å². The zero-order valence-electron chi connectivity index (χ0n) is 16.3. The standard InChI is InChI=1S/C24H19ClN2O3/c1-27(15-18-4-2-17(14-26)3-5-18)23(28)16-30-22-12-8-20(9-13-22)24(29)19-6-10-21(25)11-7-19/h2-13H,15-16H2,1H3. The van der Waals surface area contributed by atoms with Crippen molar-refractivity contribution in [2.45, 2.75) is 6.54 Å². The SMILES string of the molecule is CN(Cc1ccc(C#N)cc1)C(=O)COc1ccc(C(=O)c2ccc(Cl)cc2)cc1. The molecule has 30 heavy (non-hydrogen) atoms. The number of likely N-dealkylation sites (N-methyl/N-ethyl adjacent to an activating group) is 1. The number of nitriles is 1. The fourth-order valence-corrected chi connectivity index (χ4v) is 2.90. The fraction of sp³-hybridized carbons (Fsp3) is 0.125. The Labute approximate surface area is 180 Å². The maximum absolute atomic E-state index is 12.5. The molecule has 0 radical (unpaired) electrons. The van der Waals surface area contributed by atoms with Gasteiger partial charge in [0.2, 0.25) is 0 Å². The highest BCUT2D eigenvalue weighted by Crippen LogP contribution is 2.17. The molecule has 0 fully saturated rings. The monoisotopic (exact) mass is 418 g/mol. The van der Waals surface area contributed by atoms with Crippen LogP contribution in [0, 0.1) is 11.3 Å². The molecular weight excluding hydrogens is 400 g/mol. The van der Waals surface area contributed by atoms with Crippen LogP contribution in [-0.4, -0.2) is 30.2 Å². The molecule has 0 N–H and O–H groups in total. The molecule has 0 saturated carbocycles. The van der Waals surface area contributed by atoms with Gasteiger partial charge < -0.3 is 9.64 Å². The molecule has 0 heterocycles. The summed E-state index contributed by atoms with van der Waals surface area (Å²) in [5.74, 6) is 0.208. The van der Waals surface area contributed by atoms with E-state index in [0.29, 0.717) is 34.0 Å². The number of nitrogens with zero attached hydrogens (tertiary/aromatic N) is 2. The van der Waals surface area contributed by atoms with Crippen LogP contribution in [0.15, 0.2) is 72.8 Å². The molecule has 0 aliphatic heterocycles. The fourth-order valence-electron chi connectivity index (χ4n) is 2.77. The predicted octanol–water partition coefficient (Wildman–Crippen LogP) is 4.48. The first-order valence-corrected chi connectivity index (χ1v) is 9.60. The number of benzene rings is 3. The third-order valence-corrected chi connectivity index (χ3v) is 4.77. The van der Waals surface area contributed by atoms with Crippen molar-refractivity contribution in [1.29, 1.82) is 5.26 Å². The second-order valence-electron chi connectivity index (χ2n) is 6.71. The molecule has 0 atom stereocenters. The topological polar surface area (TPSA) is 70.4 Å². The van der Waals surface area contributed by atoms with E-state index in [1.54, 1.807) is 72.6 Å². The van der Waals surface area contributed by atoms with Crippen molar-refractivity contribution in [3.05, 3.63) is 100 Å². The minimum absolute atomic E-state index is 0.114. The lowest BCUT2D eigenvalue weighted by Crippen LogP contribution is -2.30. The molecule has 0 saturated heterocycles. The van der Waals surface area contributed by atoms with Gasteiger partial charge in [-0.1, -0.05) is 23.7 Å². The van der Waals surface area contributed by atoms with E-state index in [9.17, 15) is 9.59 Å². The van der Waals surface area contributed by atoms with Crippen LogP contribution in [-0.2, 0) is 11.3 Å². The number of hydrogen-bond acceptors (Lipinski definition) is 4. The first-order valence-electron chi connectivity index (χ1n) is 9.22. The number of ketones is 1. The molecule has 3 aromatic rings. The van der Waals surface area contributed by atoms with Gasteiger partial charge in [0.1, 0.15) is 5.75 Å². The number of carbonyl (C=O) groups is 2. The van der Waals surface area contributed by atoms with Gasteiger partial charge in [-0.25, -0.2) is 0 Å². The van der Waals surface area contributed by atoms with E-state index in [2.05, 4.69) is 6.07 Å². The summed E-state index contributed by atoms with van der Waals surface area (Å²) in [6.07, 6.45) is 0. The molecule has 6 heteroatoms. The van der Waals surface area contributed by atoms with E-state index in [4.69, 9.17) is 21.6 Å². The van der Waals surface area contributed by atoms with E-state index in [0.717, 1.165) is 5.56 Å². The van der Waals surface area contributed by atoms with Gasteiger partial charge in [0, 0.05) is 29.7 Å². The van der Waals surface area contributed by atoms with Gasteiger partial charge in [0.25, 0.3) is 5.91 Å². The smallest absolute Gasteiger partial charge is 0.260 e. The van der Waals surface area contributed by atoms with Crippen LogP contribution in [0.3, 0.4) is 0 Å². The molecule has 3 rings (SSSR count). The lowest BCUT2D eigenvalue weighted by atomic mass is 10.0. The molecule has 0 spiro atoms. The number of carbonyl (C=O) groups excluding carboxylic acids is 2. The minimum Gasteiger partial charge on any atom is -0.484 e. The van der Waals surface area contributed by atoms with E-state index in [1.165, 1.54) is 0 Å². The highest BCUT2D eigenvalue weighted by Gasteiger charge is 2.12. The predicted molar refractivity (Wildman–Crippen MR) is 114 cm³/mol. The quantitative estimate of drug-likeness (QED) is 0.530. The number of amides is 1. The highest BCUT2D eigenvalue weighted by molar-refractivity contribution is 6.30. The number of halogens is 1. The Morgan fingerprint density at radius 3 is 2.07 bits per heavy atom. The molecule has 0 aromatic heterocycles. The zero-order valence-corrected chi connectivity index (χ0v) is 17.1. The molecule has 0 aliphatic carbocycles. The average molecular weight is 419 g/mol. The number of rotatable bonds is 7. The summed E-state index contributed by atoms with van der Waals surface area (Å²) in [7, 11) is 1.69. The molecule has 1 amide bonds. The summed E-state index contributed by atoms with van der Waals surface area (Å²) in [5.41, 5.74) is 2.57. The second-order valence-corrected chi connectivity index (χ2v) is 7.14. The van der Waals surface area contributed by atoms with Crippen molar-refractivity contribution >= 4 is 23.3 Å². The van der Waals surface area contributed by atoms with Crippen molar-refractivity contribution in [2.24, 2.45) is 0 Å². The first kappa shape index (κ1) is 21.1. The lowest BCUT2D eigenvalue weighted by molar-refractivity contribution is -0.132. The van der Waals surface area contributed by atoms with Crippen LogP contribution < -0.4 is 4.74 Å². The zero-order chi connectivity index (χ0) is 21.5. The second kappa shape index (κ2) is 9.73. The van der Waals surface area contributed by atoms with E-state index in [1.807, 2.05) is 12.1 Å². The van der Waals surface area contributed by atoms with Crippen LogP contribution in [0.4, 0.5) is 0 Å². The van der Waals surface area contributed by atoms with E-state index >= 15 is 0 Å². The summed E-state index contributed by atoms with van der Waals surface area (Å²) in [6, 6.07) is 22.5.